The fraction of sp³-hybridized carbons (Fsp3) is 0.779. The molecule has 0 bridgehead atoms. The van der Waals surface area contributed by atoms with E-state index in [2.05, 4.69) is 106 Å². The maximum Gasteiger partial charge on any atom is 0.306 e. The molecule has 0 saturated carbocycles. The number of carbonyl (C=O) groups is 3. The normalized spacial score (nSPS) is 12.6. The first-order chi connectivity index (χ1) is 41.0. The number of esters is 3. The molecule has 0 fully saturated rings. The van der Waals surface area contributed by atoms with Gasteiger partial charge in [0.05, 0.1) is 0 Å². The van der Waals surface area contributed by atoms with Crippen molar-refractivity contribution in [1.82, 2.24) is 0 Å². The highest BCUT2D eigenvalue weighted by atomic mass is 16.6. The van der Waals surface area contributed by atoms with Crippen molar-refractivity contribution in [1.29, 1.82) is 0 Å². The van der Waals surface area contributed by atoms with Crippen molar-refractivity contribution >= 4 is 17.9 Å². The number of allylic oxidation sites excluding steroid dienone is 14. The maximum absolute atomic E-state index is 12.9. The summed E-state index contributed by atoms with van der Waals surface area (Å²) in [6.07, 6.45) is 94.7. The lowest BCUT2D eigenvalue weighted by Gasteiger charge is -2.18. The molecule has 0 radical (unpaired) electrons. The molecular weight excluding hydrogens is 1020 g/mol. The summed E-state index contributed by atoms with van der Waals surface area (Å²) in [7, 11) is 0. The summed E-state index contributed by atoms with van der Waals surface area (Å²) in [4.78, 5) is 38.5. The van der Waals surface area contributed by atoms with Gasteiger partial charge in [0.1, 0.15) is 13.2 Å². The van der Waals surface area contributed by atoms with E-state index >= 15 is 0 Å². The lowest BCUT2D eigenvalue weighted by atomic mass is 10.0. The smallest absolute Gasteiger partial charge is 0.306 e. The zero-order chi connectivity index (χ0) is 59.9. The number of unbranched alkanes of at least 4 members (excludes halogenated alkanes) is 41. The quantitative estimate of drug-likeness (QED) is 0.0261. The number of hydrogen-bond donors (Lipinski definition) is 0. The summed E-state index contributed by atoms with van der Waals surface area (Å²) in [5.41, 5.74) is 0. The molecule has 83 heavy (non-hydrogen) atoms. The molecular formula is C77H136O6. The third-order valence-corrected chi connectivity index (χ3v) is 15.9. The number of rotatable bonds is 66. The minimum Gasteiger partial charge on any atom is -0.462 e. The van der Waals surface area contributed by atoms with Gasteiger partial charge in [-0.25, -0.2) is 0 Å². The SMILES string of the molecule is CC/C=C\C/C=C\C/C=C\C/C=C\C/C=C\CCCCCC(=O)OC(COC(=O)CCCCCCCCCCCCCCCCCCC)COC(=O)CCCCCCCCCCCCCCCCCCC/C=C\C/C=C\CCCCCCC. The van der Waals surface area contributed by atoms with Crippen molar-refractivity contribution in [2.75, 3.05) is 13.2 Å². The Morgan fingerprint density at radius 2 is 0.470 bits per heavy atom. The predicted molar refractivity (Wildman–Crippen MR) is 362 cm³/mol. The van der Waals surface area contributed by atoms with Crippen molar-refractivity contribution in [3.63, 3.8) is 0 Å². The minimum absolute atomic E-state index is 0.0856. The van der Waals surface area contributed by atoms with E-state index in [0.29, 0.717) is 19.3 Å². The molecule has 0 N–H and O–H groups in total. The monoisotopic (exact) mass is 1160 g/mol. The topological polar surface area (TPSA) is 78.9 Å². The molecule has 0 aliphatic heterocycles. The highest BCUT2D eigenvalue weighted by molar-refractivity contribution is 5.71. The Kier molecular flexibility index (Phi) is 68.2. The van der Waals surface area contributed by atoms with Crippen LogP contribution in [0.4, 0.5) is 0 Å². The molecule has 0 amide bonds. The minimum atomic E-state index is -0.794. The summed E-state index contributed by atoms with van der Waals surface area (Å²) >= 11 is 0. The van der Waals surface area contributed by atoms with Crippen LogP contribution >= 0.6 is 0 Å². The van der Waals surface area contributed by atoms with Crippen LogP contribution in [0.5, 0.6) is 0 Å². The molecule has 0 rings (SSSR count). The third kappa shape index (κ3) is 69.3. The van der Waals surface area contributed by atoms with Gasteiger partial charge in [0, 0.05) is 19.3 Å². The molecule has 0 aromatic rings. The lowest BCUT2D eigenvalue weighted by molar-refractivity contribution is -0.167. The van der Waals surface area contributed by atoms with Gasteiger partial charge in [0.2, 0.25) is 0 Å². The van der Waals surface area contributed by atoms with Crippen LogP contribution in [-0.4, -0.2) is 37.2 Å². The van der Waals surface area contributed by atoms with Crippen LogP contribution in [0.2, 0.25) is 0 Å². The summed E-state index contributed by atoms with van der Waals surface area (Å²) in [6, 6.07) is 0. The average Bonchev–Trinajstić information content (AvgIpc) is 3.49. The molecule has 0 aliphatic carbocycles. The van der Waals surface area contributed by atoms with E-state index in [1.54, 1.807) is 0 Å². The highest BCUT2D eigenvalue weighted by Gasteiger charge is 2.19. The molecule has 0 aliphatic rings. The van der Waals surface area contributed by atoms with Crippen molar-refractivity contribution in [2.45, 2.75) is 374 Å². The van der Waals surface area contributed by atoms with E-state index in [9.17, 15) is 14.4 Å². The first-order valence-electron chi connectivity index (χ1n) is 36.1. The van der Waals surface area contributed by atoms with E-state index in [4.69, 9.17) is 14.2 Å². The fourth-order valence-corrected chi connectivity index (χ4v) is 10.5. The first-order valence-corrected chi connectivity index (χ1v) is 36.1. The van der Waals surface area contributed by atoms with Crippen LogP contribution in [0.25, 0.3) is 0 Å². The fourth-order valence-electron chi connectivity index (χ4n) is 10.5. The van der Waals surface area contributed by atoms with Gasteiger partial charge < -0.3 is 14.2 Å². The van der Waals surface area contributed by atoms with Gasteiger partial charge in [-0.2, -0.15) is 0 Å². The molecule has 0 aromatic carbocycles. The largest absolute Gasteiger partial charge is 0.462 e. The predicted octanol–water partition coefficient (Wildman–Crippen LogP) is 25.0. The standard InChI is InChI=1S/C77H136O6/c1-4-7-10-13-16-19-22-25-28-31-33-34-35-36-37-38-39-40-41-42-44-46-49-52-55-58-61-64-67-70-76(79)82-73-74(72-81-75(78)69-66-63-60-57-54-51-48-45-30-27-24-21-18-15-12-9-6-3)83-77(80)71-68-65-62-59-56-53-50-47-43-32-29-26-23-20-17-14-11-8-5-2/h8,11,17,20,22,25-26,29,31,33,43,47,53,56,74H,4-7,9-10,12-16,18-19,21,23-24,27-28,30,32,34-42,44-46,48-52,54-55,57-73H2,1-3H3/b11-8-,20-17-,25-22-,29-26-,33-31-,47-43-,56-53-. The van der Waals surface area contributed by atoms with Gasteiger partial charge >= 0.3 is 17.9 Å². The average molecular weight is 1160 g/mol. The van der Waals surface area contributed by atoms with Crippen LogP contribution < -0.4 is 0 Å². The molecule has 6 heteroatoms. The Bertz CT molecular complexity index is 1570. The number of carbonyl (C=O) groups excluding carboxylic acids is 3. The third-order valence-electron chi connectivity index (χ3n) is 15.9. The van der Waals surface area contributed by atoms with Crippen LogP contribution in [-0.2, 0) is 28.6 Å². The van der Waals surface area contributed by atoms with E-state index < -0.39 is 6.10 Å². The molecule has 1 atom stereocenters. The highest BCUT2D eigenvalue weighted by Crippen LogP contribution is 2.18. The lowest BCUT2D eigenvalue weighted by Crippen LogP contribution is -2.30. The number of ether oxygens (including phenoxy) is 3. The second-order valence-corrected chi connectivity index (χ2v) is 24.1. The number of hydrogen-bond acceptors (Lipinski definition) is 6. The van der Waals surface area contributed by atoms with Crippen LogP contribution in [0.15, 0.2) is 85.1 Å². The zero-order valence-electron chi connectivity index (χ0n) is 55.2. The summed E-state index contributed by atoms with van der Waals surface area (Å²) in [6.45, 7) is 6.55. The van der Waals surface area contributed by atoms with Crippen molar-refractivity contribution in [2.24, 2.45) is 0 Å². The summed E-state index contributed by atoms with van der Waals surface area (Å²) < 4.78 is 17.0. The van der Waals surface area contributed by atoms with Crippen LogP contribution in [0.3, 0.4) is 0 Å². The van der Waals surface area contributed by atoms with Crippen molar-refractivity contribution < 1.29 is 28.6 Å². The van der Waals surface area contributed by atoms with E-state index in [1.807, 2.05) is 0 Å². The molecule has 6 nitrogen and oxygen atoms in total. The van der Waals surface area contributed by atoms with Gasteiger partial charge in [0.25, 0.3) is 0 Å². The molecule has 0 aromatic heterocycles. The van der Waals surface area contributed by atoms with E-state index in [-0.39, 0.29) is 31.1 Å². The summed E-state index contributed by atoms with van der Waals surface area (Å²) in [5, 5.41) is 0. The molecule has 0 saturated heterocycles. The Morgan fingerprint density at radius 1 is 0.253 bits per heavy atom. The van der Waals surface area contributed by atoms with Crippen molar-refractivity contribution in [3.8, 4) is 0 Å². The summed E-state index contributed by atoms with van der Waals surface area (Å²) in [5.74, 6) is -0.896. The Morgan fingerprint density at radius 3 is 0.747 bits per heavy atom. The second kappa shape index (κ2) is 71.1. The Labute approximate surface area is 515 Å². The molecule has 480 valence electrons. The molecule has 0 heterocycles. The van der Waals surface area contributed by atoms with Crippen molar-refractivity contribution in [3.05, 3.63) is 85.1 Å². The Balaban J connectivity index is 4.30. The van der Waals surface area contributed by atoms with Crippen LogP contribution in [0, 0.1) is 0 Å². The van der Waals surface area contributed by atoms with Gasteiger partial charge in [0.15, 0.2) is 6.10 Å². The Hall–Kier alpha value is -3.41. The van der Waals surface area contributed by atoms with Gasteiger partial charge in [-0.3, -0.25) is 14.4 Å². The zero-order valence-corrected chi connectivity index (χ0v) is 55.2. The molecule has 0 spiro atoms. The first kappa shape index (κ1) is 79.6. The van der Waals surface area contributed by atoms with Gasteiger partial charge in [-0.1, -0.05) is 337 Å². The van der Waals surface area contributed by atoms with E-state index in [0.717, 1.165) is 103 Å². The van der Waals surface area contributed by atoms with Crippen LogP contribution in [0.1, 0.15) is 367 Å². The maximum atomic E-state index is 12.9. The van der Waals surface area contributed by atoms with E-state index in [1.165, 1.54) is 225 Å². The molecule has 1 unspecified atom stereocenters. The van der Waals surface area contributed by atoms with Gasteiger partial charge in [-0.05, 0) is 96.3 Å². The second-order valence-electron chi connectivity index (χ2n) is 24.1. The van der Waals surface area contributed by atoms with Gasteiger partial charge in [-0.15, -0.1) is 0 Å².